The van der Waals surface area contributed by atoms with E-state index in [0.717, 1.165) is 0 Å². The highest BCUT2D eigenvalue weighted by Crippen LogP contribution is 2.26. The summed E-state index contributed by atoms with van der Waals surface area (Å²) in [6.45, 7) is -1.06. The molecular formula is C13H16ClF2NO3. The Kier molecular flexibility index (Phi) is 6.16. The van der Waals surface area contributed by atoms with Crippen LogP contribution in [0.1, 0.15) is 18.9 Å². The number of carboxylic acids is 1. The van der Waals surface area contributed by atoms with Crippen molar-refractivity contribution in [2.75, 3.05) is 7.05 Å². The van der Waals surface area contributed by atoms with Crippen molar-refractivity contribution in [1.29, 1.82) is 0 Å². The molecule has 0 bridgehead atoms. The highest BCUT2D eigenvalue weighted by molar-refractivity contribution is 6.30. The lowest BCUT2D eigenvalue weighted by Gasteiger charge is -2.24. The molecule has 0 amide bonds. The summed E-state index contributed by atoms with van der Waals surface area (Å²) in [7, 11) is 1.61. The molecule has 20 heavy (non-hydrogen) atoms. The molecular weight excluding hydrogens is 292 g/mol. The molecule has 0 saturated carbocycles. The van der Waals surface area contributed by atoms with Gasteiger partial charge in [0.2, 0.25) is 0 Å². The summed E-state index contributed by atoms with van der Waals surface area (Å²) in [5.41, 5.74) is 0.417. The lowest BCUT2D eigenvalue weighted by Crippen LogP contribution is -2.37. The van der Waals surface area contributed by atoms with E-state index in [0.29, 0.717) is 17.0 Å². The van der Waals surface area contributed by atoms with Gasteiger partial charge in [0.15, 0.2) is 0 Å². The molecule has 0 spiro atoms. The van der Waals surface area contributed by atoms with Crippen molar-refractivity contribution in [3.05, 3.63) is 28.8 Å². The maximum atomic E-state index is 12.3. The molecule has 1 rings (SSSR count). The average Bonchev–Trinajstić information content (AvgIpc) is 2.32. The molecule has 7 heteroatoms. The Morgan fingerprint density at radius 1 is 1.50 bits per heavy atom. The lowest BCUT2D eigenvalue weighted by atomic mass is 10.1. The van der Waals surface area contributed by atoms with Crippen molar-refractivity contribution < 1.29 is 23.4 Å². The number of hydrogen-bond donors (Lipinski definition) is 1. The largest absolute Gasteiger partial charge is 0.480 e. The van der Waals surface area contributed by atoms with E-state index in [-0.39, 0.29) is 12.3 Å². The zero-order chi connectivity index (χ0) is 15.3. The predicted octanol–water partition coefficient (Wildman–Crippen LogP) is 3.24. The smallest absolute Gasteiger partial charge is 0.387 e. The molecule has 0 aliphatic carbocycles. The molecule has 1 atom stereocenters. The van der Waals surface area contributed by atoms with Gasteiger partial charge in [-0.2, -0.15) is 8.78 Å². The molecule has 0 aliphatic heterocycles. The number of rotatable bonds is 7. The summed E-state index contributed by atoms with van der Waals surface area (Å²) in [6.07, 6.45) is 0.400. The average molecular weight is 308 g/mol. The standard InChI is InChI=1S/C13H16ClF2NO3/c1-3-10(12(18)19)17(2)7-8-6-9(14)4-5-11(8)20-13(15)16/h4-6,10,13H,3,7H2,1-2H3,(H,18,19). The first-order chi connectivity index (χ1) is 9.35. The second-order valence-electron chi connectivity index (χ2n) is 4.31. The number of ether oxygens (including phenoxy) is 1. The Balaban J connectivity index is 2.94. The predicted molar refractivity (Wildman–Crippen MR) is 71.3 cm³/mol. The molecule has 4 nitrogen and oxygen atoms in total. The van der Waals surface area contributed by atoms with Crippen molar-refractivity contribution in [3.8, 4) is 5.75 Å². The number of nitrogens with zero attached hydrogens (tertiary/aromatic N) is 1. The lowest BCUT2D eigenvalue weighted by molar-refractivity contribution is -0.143. The van der Waals surface area contributed by atoms with E-state index < -0.39 is 18.6 Å². The molecule has 1 aromatic rings. The maximum Gasteiger partial charge on any atom is 0.387 e. The van der Waals surface area contributed by atoms with Crippen LogP contribution in [0.4, 0.5) is 8.78 Å². The van der Waals surface area contributed by atoms with E-state index >= 15 is 0 Å². The summed E-state index contributed by atoms with van der Waals surface area (Å²) in [5, 5.41) is 9.45. The van der Waals surface area contributed by atoms with Gasteiger partial charge in [-0.25, -0.2) is 0 Å². The van der Waals surface area contributed by atoms with Crippen LogP contribution in [0.15, 0.2) is 18.2 Å². The molecule has 0 aromatic heterocycles. The van der Waals surface area contributed by atoms with Gasteiger partial charge in [-0.3, -0.25) is 9.69 Å². The van der Waals surface area contributed by atoms with Crippen molar-refractivity contribution in [2.24, 2.45) is 0 Å². The first kappa shape index (κ1) is 16.7. The topological polar surface area (TPSA) is 49.8 Å². The van der Waals surface area contributed by atoms with Crippen LogP contribution < -0.4 is 4.74 Å². The Morgan fingerprint density at radius 2 is 2.15 bits per heavy atom. The fourth-order valence-electron chi connectivity index (χ4n) is 1.94. The number of likely N-dealkylation sites (N-methyl/N-ethyl adjacent to an activating group) is 1. The van der Waals surface area contributed by atoms with Gasteiger partial charge in [0, 0.05) is 17.1 Å². The second kappa shape index (κ2) is 7.40. The van der Waals surface area contributed by atoms with Crippen LogP contribution >= 0.6 is 11.6 Å². The van der Waals surface area contributed by atoms with E-state index in [1.807, 2.05) is 0 Å². The van der Waals surface area contributed by atoms with E-state index in [9.17, 15) is 13.6 Å². The van der Waals surface area contributed by atoms with Gasteiger partial charge in [-0.15, -0.1) is 0 Å². The molecule has 0 fully saturated rings. The normalized spacial score (nSPS) is 12.8. The minimum absolute atomic E-state index is 0.00325. The molecule has 0 saturated heterocycles. The van der Waals surface area contributed by atoms with Crippen LogP contribution in [0, 0.1) is 0 Å². The van der Waals surface area contributed by atoms with Crippen LogP contribution in [0.5, 0.6) is 5.75 Å². The first-order valence-corrected chi connectivity index (χ1v) is 6.39. The van der Waals surface area contributed by atoms with Crippen LogP contribution in [0.2, 0.25) is 5.02 Å². The van der Waals surface area contributed by atoms with Crippen molar-refractivity contribution >= 4 is 17.6 Å². The zero-order valence-electron chi connectivity index (χ0n) is 11.1. The highest BCUT2D eigenvalue weighted by Gasteiger charge is 2.22. The number of carboxylic acid groups (broad SMARTS) is 1. The maximum absolute atomic E-state index is 12.3. The SMILES string of the molecule is CCC(C(=O)O)N(C)Cc1cc(Cl)ccc1OC(F)F. The van der Waals surface area contributed by atoms with Gasteiger partial charge in [-0.05, 0) is 31.7 Å². The van der Waals surface area contributed by atoms with Gasteiger partial charge in [0.05, 0.1) is 0 Å². The van der Waals surface area contributed by atoms with Crippen molar-refractivity contribution in [2.45, 2.75) is 32.5 Å². The van der Waals surface area contributed by atoms with Crippen molar-refractivity contribution in [1.82, 2.24) is 4.90 Å². The van der Waals surface area contributed by atoms with Gasteiger partial charge in [-0.1, -0.05) is 18.5 Å². The minimum atomic E-state index is -2.94. The fraction of sp³-hybridized carbons (Fsp3) is 0.462. The Labute approximate surface area is 120 Å². The third kappa shape index (κ3) is 4.61. The summed E-state index contributed by atoms with van der Waals surface area (Å²) in [4.78, 5) is 12.6. The number of aliphatic carboxylic acids is 1. The van der Waals surface area contributed by atoms with Crippen LogP contribution in [0.25, 0.3) is 0 Å². The summed E-state index contributed by atoms with van der Waals surface area (Å²) < 4.78 is 29.1. The van der Waals surface area contributed by atoms with Crippen molar-refractivity contribution in [3.63, 3.8) is 0 Å². The fourth-order valence-corrected chi connectivity index (χ4v) is 2.13. The summed E-state index contributed by atoms with van der Waals surface area (Å²) in [6, 6.07) is 3.58. The molecule has 0 radical (unpaired) electrons. The first-order valence-electron chi connectivity index (χ1n) is 6.01. The zero-order valence-corrected chi connectivity index (χ0v) is 11.9. The minimum Gasteiger partial charge on any atom is -0.480 e. The summed E-state index contributed by atoms with van der Waals surface area (Å²) in [5.74, 6) is -0.968. The molecule has 112 valence electrons. The third-order valence-electron chi connectivity index (χ3n) is 2.86. The van der Waals surface area contributed by atoms with Gasteiger partial charge in [0.25, 0.3) is 0 Å². The van der Waals surface area contributed by atoms with E-state index in [2.05, 4.69) is 4.74 Å². The Bertz CT molecular complexity index is 471. The molecule has 0 heterocycles. The Morgan fingerprint density at radius 3 is 2.65 bits per heavy atom. The van der Waals surface area contributed by atoms with Crippen LogP contribution in [-0.2, 0) is 11.3 Å². The molecule has 1 aromatic carbocycles. The molecule has 1 N–H and O–H groups in total. The van der Waals surface area contributed by atoms with Gasteiger partial charge in [0.1, 0.15) is 11.8 Å². The number of benzene rings is 1. The van der Waals surface area contributed by atoms with E-state index in [4.69, 9.17) is 16.7 Å². The van der Waals surface area contributed by atoms with Gasteiger partial charge >= 0.3 is 12.6 Å². The summed E-state index contributed by atoms with van der Waals surface area (Å²) >= 11 is 5.83. The molecule has 1 unspecified atom stereocenters. The van der Waals surface area contributed by atoms with Crippen LogP contribution in [-0.4, -0.2) is 35.7 Å². The third-order valence-corrected chi connectivity index (χ3v) is 3.10. The highest BCUT2D eigenvalue weighted by atomic mass is 35.5. The Hall–Kier alpha value is -1.40. The second-order valence-corrected chi connectivity index (χ2v) is 4.74. The monoisotopic (exact) mass is 307 g/mol. The number of carbonyl (C=O) groups is 1. The van der Waals surface area contributed by atoms with E-state index in [1.54, 1.807) is 18.9 Å². The molecule has 0 aliphatic rings. The number of halogens is 3. The van der Waals surface area contributed by atoms with E-state index in [1.165, 1.54) is 18.2 Å². The quantitative estimate of drug-likeness (QED) is 0.840. The number of hydrogen-bond acceptors (Lipinski definition) is 3. The number of alkyl halides is 2. The van der Waals surface area contributed by atoms with Gasteiger partial charge < -0.3 is 9.84 Å². The van der Waals surface area contributed by atoms with Crippen LogP contribution in [0.3, 0.4) is 0 Å².